The summed E-state index contributed by atoms with van der Waals surface area (Å²) < 4.78 is 62.4. The first-order valence-corrected chi connectivity index (χ1v) is 26.8. The molecular weight excluding hydrogens is 939 g/mol. The Bertz CT molecular complexity index is 2010. The maximum Gasteiger partial charge on any atom is 0.481 e. The van der Waals surface area contributed by atoms with Crippen LogP contribution in [0.3, 0.4) is 0 Å². The quantitative estimate of drug-likeness (QED) is 0.0285. The SMILES string of the molecule is CCCCCCCCCCC/C=C/CCC(=O)SCCNC(=O)CCNC(=O)C(O)C(C)(C)COP(=O)(O)OP(=O)(O)OCC1OC(n2cnc3c(N)ncnc32)C(O)C1OP(=O)(O)O. The number of nitrogens with one attached hydrogen (secondary N) is 2. The number of phosphoric acid groups is 3. The fourth-order valence-electron chi connectivity index (χ4n) is 6.38. The number of aliphatic hydroxyl groups excluding tert-OH is 2. The Morgan fingerprint density at radius 3 is 2.25 bits per heavy atom. The zero-order chi connectivity index (χ0) is 48.3. The van der Waals surface area contributed by atoms with Crippen LogP contribution in [0.2, 0.25) is 0 Å². The minimum Gasteiger partial charge on any atom is -0.386 e. The number of nitrogens with zero attached hydrogens (tertiary/aromatic N) is 4. The van der Waals surface area contributed by atoms with Gasteiger partial charge in [0.15, 0.2) is 22.8 Å². The number of rotatable bonds is 32. The first-order valence-electron chi connectivity index (χ1n) is 21.3. The summed E-state index contributed by atoms with van der Waals surface area (Å²) in [6, 6.07) is 0. The van der Waals surface area contributed by atoms with Crippen molar-refractivity contribution >= 4 is 69.1 Å². The van der Waals surface area contributed by atoms with Crippen molar-refractivity contribution in [3.05, 3.63) is 24.8 Å². The van der Waals surface area contributed by atoms with E-state index in [1.807, 2.05) is 6.08 Å². The molecule has 0 aliphatic carbocycles. The fraction of sp³-hybridized carbons (Fsp3) is 0.730. The molecule has 24 nitrogen and oxygen atoms in total. The van der Waals surface area contributed by atoms with Crippen molar-refractivity contribution in [3.8, 4) is 0 Å². The number of imidazole rings is 1. The molecule has 65 heavy (non-hydrogen) atoms. The van der Waals surface area contributed by atoms with E-state index in [0.717, 1.165) is 41.8 Å². The van der Waals surface area contributed by atoms with E-state index < -0.39 is 84.6 Å². The van der Waals surface area contributed by atoms with Crippen molar-refractivity contribution in [2.24, 2.45) is 5.41 Å². The van der Waals surface area contributed by atoms with Crippen LogP contribution in [0.4, 0.5) is 5.82 Å². The maximum atomic E-state index is 12.7. The molecule has 28 heteroatoms. The van der Waals surface area contributed by atoms with Gasteiger partial charge in [0.05, 0.1) is 19.5 Å². The zero-order valence-corrected chi connectivity index (χ0v) is 40.2. The molecule has 2 amide bonds. The number of phosphoric ester groups is 3. The lowest BCUT2D eigenvalue weighted by atomic mass is 9.87. The molecule has 7 atom stereocenters. The molecule has 0 radical (unpaired) electrons. The van der Waals surface area contributed by atoms with Crippen LogP contribution in [0.5, 0.6) is 0 Å². The van der Waals surface area contributed by atoms with E-state index in [2.05, 4.69) is 47.4 Å². The van der Waals surface area contributed by atoms with Crippen molar-refractivity contribution in [1.29, 1.82) is 0 Å². The first-order chi connectivity index (χ1) is 30.6. The number of thioether (sulfide) groups is 1. The number of unbranched alkanes of at least 4 members (excludes halogenated alkanes) is 9. The topological polar surface area (TPSA) is 364 Å². The number of hydrogen-bond acceptors (Lipinski definition) is 18. The molecule has 370 valence electrons. The Hall–Kier alpha value is -2.70. The summed E-state index contributed by atoms with van der Waals surface area (Å²) in [5, 5.41) is 26.6. The van der Waals surface area contributed by atoms with Crippen LogP contribution in [0.1, 0.15) is 110 Å². The number of nitrogen functional groups attached to an aromatic ring is 1. The van der Waals surface area contributed by atoms with Gasteiger partial charge in [0, 0.05) is 37.1 Å². The lowest BCUT2D eigenvalue weighted by Crippen LogP contribution is -2.46. The van der Waals surface area contributed by atoms with Gasteiger partial charge in [-0.15, -0.1) is 0 Å². The number of aliphatic hydroxyl groups is 2. The van der Waals surface area contributed by atoms with Crippen LogP contribution in [0.15, 0.2) is 24.8 Å². The number of allylic oxidation sites excluding steroid dienone is 2. The lowest BCUT2D eigenvalue weighted by Gasteiger charge is -2.30. The third-order valence-corrected chi connectivity index (χ3v) is 14.0. The second kappa shape index (κ2) is 27.3. The van der Waals surface area contributed by atoms with E-state index in [1.165, 1.54) is 65.2 Å². The van der Waals surface area contributed by atoms with E-state index in [9.17, 15) is 57.9 Å². The average Bonchev–Trinajstić information content (AvgIpc) is 3.79. The summed E-state index contributed by atoms with van der Waals surface area (Å²) in [5.74, 6) is -1.06. The summed E-state index contributed by atoms with van der Waals surface area (Å²) in [5.41, 5.74) is 4.28. The van der Waals surface area contributed by atoms with E-state index in [0.29, 0.717) is 18.6 Å². The Morgan fingerprint density at radius 1 is 0.923 bits per heavy atom. The summed E-state index contributed by atoms with van der Waals surface area (Å²) in [4.78, 5) is 88.2. The molecule has 1 aliphatic rings. The lowest BCUT2D eigenvalue weighted by molar-refractivity contribution is -0.137. The normalized spacial score (nSPS) is 20.4. The smallest absolute Gasteiger partial charge is 0.386 e. The molecule has 0 aromatic carbocycles. The van der Waals surface area contributed by atoms with Crippen LogP contribution in [0, 0.1) is 5.41 Å². The van der Waals surface area contributed by atoms with Gasteiger partial charge in [0.1, 0.15) is 36.3 Å². The van der Waals surface area contributed by atoms with Crippen molar-refractivity contribution in [3.63, 3.8) is 0 Å². The van der Waals surface area contributed by atoms with Crippen molar-refractivity contribution < 1.29 is 80.5 Å². The zero-order valence-electron chi connectivity index (χ0n) is 36.7. The average molecular weight is 1000 g/mol. The molecule has 2 aromatic heterocycles. The molecule has 0 bridgehead atoms. The van der Waals surface area contributed by atoms with Gasteiger partial charge in [0.25, 0.3) is 0 Å². The number of ether oxygens (including phenoxy) is 1. The summed E-state index contributed by atoms with van der Waals surface area (Å²) in [6.45, 7) is 2.76. The van der Waals surface area contributed by atoms with E-state index >= 15 is 0 Å². The minimum absolute atomic E-state index is 0.0175. The van der Waals surface area contributed by atoms with Crippen LogP contribution in [-0.4, -0.2) is 123 Å². The first kappa shape index (κ1) is 56.6. The van der Waals surface area contributed by atoms with E-state index in [1.54, 1.807) is 0 Å². The predicted octanol–water partition coefficient (Wildman–Crippen LogP) is 3.92. The molecule has 1 saturated heterocycles. The number of carbonyl (C=O) groups excluding carboxylic acids is 3. The standard InChI is InChI=1S/C37H64N7O17P3S/c1-4-5-6-7-8-9-10-11-12-13-14-15-16-17-28(46)65-21-20-39-27(45)18-19-40-35(49)32(48)37(2,3)23-58-64(55,56)61-63(53,54)57-22-26-31(60-62(50,51)52)30(47)36(59-26)44-25-43-29-33(38)41-24-42-34(29)44/h14-15,24-26,30-32,36,47-48H,4-13,16-23H2,1-3H3,(H,39,45)(H,40,49)(H,53,54)(H,55,56)(H2,38,41,42)(H2,50,51,52)/b15-14+. The highest BCUT2D eigenvalue weighted by molar-refractivity contribution is 8.13. The van der Waals surface area contributed by atoms with Crippen molar-refractivity contribution in [2.75, 3.05) is 37.8 Å². The third-order valence-electron chi connectivity index (χ3n) is 9.92. The molecule has 0 spiro atoms. The molecular formula is C37H64N7O17P3S. The van der Waals surface area contributed by atoms with Gasteiger partial charge in [-0.1, -0.05) is 96.1 Å². The maximum absolute atomic E-state index is 12.7. The molecule has 3 heterocycles. The number of carbonyl (C=O) groups is 3. The van der Waals surface area contributed by atoms with Crippen molar-refractivity contribution in [2.45, 2.75) is 135 Å². The summed E-state index contributed by atoms with van der Waals surface area (Å²) >= 11 is 1.12. The highest BCUT2D eigenvalue weighted by Crippen LogP contribution is 2.61. The Balaban J connectivity index is 1.34. The van der Waals surface area contributed by atoms with Crippen LogP contribution in [0.25, 0.3) is 11.2 Å². The Labute approximate surface area is 381 Å². The van der Waals surface area contributed by atoms with Gasteiger partial charge in [0.2, 0.25) is 11.8 Å². The molecule has 2 aromatic rings. The number of anilines is 1. The number of amides is 2. The highest BCUT2D eigenvalue weighted by Gasteiger charge is 2.50. The summed E-state index contributed by atoms with van der Waals surface area (Å²) in [6.07, 6.45) is 10.8. The van der Waals surface area contributed by atoms with Gasteiger partial charge >= 0.3 is 23.5 Å². The van der Waals surface area contributed by atoms with E-state index in [-0.39, 0.29) is 41.6 Å². The fourth-order valence-corrected chi connectivity index (χ4v) is 9.90. The molecule has 0 saturated carbocycles. The molecule has 10 N–H and O–H groups in total. The Morgan fingerprint density at radius 2 is 1.57 bits per heavy atom. The van der Waals surface area contributed by atoms with Crippen LogP contribution >= 0.6 is 35.2 Å². The van der Waals surface area contributed by atoms with Crippen LogP contribution < -0.4 is 16.4 Å². The minimum atomic E-state index is -5.57. The van der Waals surface area contributed by atoms with Gasteiger partial charge < -0.3 is 50.9 Å². The van der Waals surface area contributed by atoms with E-state index in [4.69, 9.17) is 19.5 Å². The monoisotopic (exact) mass is 1000 g/mol. The number of aromatic nitrogens is 4. The largest absolute Gasteiger partial charge is 0.481 e. The number of nitrogens with two attached hydrogens (primary N) is 1. The molecule has 3 rings (SSSR count). The van der Waals surface area contributed by atoms with Gasteiger partial charge in [-0.25, -0.2) is 28.6 Å². The third kappa shape index (κ3) is 20.6. The van der Waals surface area contributed by atoms with Crippen LogP contribution in [-0.2, 0) is 50.7 Å². The second-order valence-electron chi connectivity index (χ2n) is 15.9. The molecule has 1 aliphatic heterocycles. The predicted molar refractivity (Wildman–Crippen MR) is 237 cm³/mol. The van der Waals surface area contributed by atoms with Crippen molar-refractivity contribution in [1.82, 2.24) is 30.2 Å². The highest BCUT2D eigenvalue weighted by atomic mass is 32.2. The second-order valence-corrected chi connectivity index (χ2v) is 21.3. The van der Waals surface area contributed by atoms with Gasteiger partial charge in [-0.2, -0.15) is 4.31 Å². The number of hydrogen-bond donors (Lipinski definition) is 9. The van der Waals surface area contributed by atoms with Gasteiger partial charge in [-0.05, 0) is 19.3 Å². The van der Waals surface area contributed by atoms with Gasteiger partial charge in [-0.3, -0.25) is 32.5 Å². The molecule has 7 unspecified atom stereocenters. The Kier molecular flexibility index (Phi) is 23.8. The number of fused-ring (bicyclic) bond motifs is 1. The summed E-state index contributed by atoms with van der Waals surface area (Å²) in [7, 11) is -16.4. The molecule has 1 fully saturated rings.